The third kappa shape index (κ3) is 6.97. The van der Waals surface area contributed by atoms with Gasteiger partial charge in [0.05, 0.1) is 29.3 Å². The molecule has 2 aromatic rings. The van der Waals surface area contributed by atoms with Gasteiger partial charge in [0.2, 0.25) is 10.0 Å². The first-order valence-electron chi connectivity index (χ1n) is 10.6. The van der Waals surface area contributed by atoms with E-state index >= 15 is 0 Å². The number of ether oxygens (including phenoxy) is 1. The molecule has 2 N–H and O–H groups in total. The summed E-state index contributed by atoms with van der Waals surface area (Å²) in [5.41, 5.74) is 0.0299. The molecule has 0 aliphatic rings. The number of sulfonamides is 1. The van der Waals surface area contributed by atoms with Crippen molar-refractivity contribution in [3.8, 4) is 0 Å². The van der Waals surface area contributed by atoms with Crippen molar-refractivity contribution in [2.75, 3.05) is 39.2 Å². The van der Waals surface area contributed by atoms with Crippen LogP contribution in [0.3, 0.4) is 0 Å². The van der Waals surface area contributed by atoms with E-state index in [1.807, 2.05) is 6.92 Å². The number of aliphatic hydroxyl groups excluding tert-OH is 1. The second-order valence-corrected chi connectivity index (χ2v) is 9.99. The molecule has 0 saturated heterocycles. The number of halogens is 1. The van der Waals surface area contributed by atoms with Gasteiger partial charge in [0.25, 0.3) is 0 Å². The lowest BCUT2D eigenvalue weighted by Gasteiger charge is -2.34. The highest BCUT2D eigenvalue weighted by molar-refractivity contribution is 7.89. The Morgan fingerprint density at radius 2 is 1.70 bits per heavy atom. The van der Waals surface area contributed by atoms with Gasteiger partial charge in [-0.25, -0.2) is 17.6 Å². The van der Waals surface area contributed by atoms with Gasteiger partial charge in [-0.1, -0.05) is 37.3 Å². The smallest absolute Gasteiger partial charge is 0.322 e. The van der Waals surface area contributed by atoms with Gasteiger partial charge in [-0.3, -0.25) is 0 Å². The number of aliphatic hydroxyl groups is 1. The van der Waals surface area contributed by atoms with Crippen LogP contribution in [0.15, 0.2) is 59.5 Å². The van der Waals surface area contributed by atoms with Crippen molar-refractivity contribution < 1.29 is 27.4 Å². The molecule has 0 bridgehead atoms. The van der Waals surface area contributed by atoms with Crippen LogP contribution in [0.2, 0.25) is 0 Å². The molecule has 10 heteroatoms. The SMILES string of the molecule is CO[C@@H](CN(C)S(=O)(=O)c1ccccc1)[C@@H](C)CN(C(=O)Nc1ccccc1F)[C@H](C)CO. The predicted octanol–water partition coefficient (Wildman–Crippen LogP) is 3.01. The van der Waals surface area contributed by atoms with E-state index in [2.05, 4.69) is 5.32 Å². The monoisotopic (exact) mass is 481 g/mol. The Hall–Kier alpha value is -2.53. The van der Waals surface area contributed by atoms with Gasteiger partial charge >= 0.3 is 6.03 Å². The molecule has 0 heterocycles. The molecule has 0 aromatic heterocycles. The van der Waals surface area contributed by atoms with Crippen molar-refractivity contribution in [3.63, 3.8) is 0 Å². The lowest BCUT2D eigenvalue weighted by molar-refractivity contribution is 0.0305. The Balaban J connectivity index is 2.13. The highest BCUT2D eigenvalue weighted by Crippen LogP contribution is 2.19. The number of likely N-dealkylation sites (N-methyl/N-ethyl adjacent to an activating group) is 1. The number of methoxy groups -OCH3 is 1. The van der Waals surface area contributed by atoms with Crippen LogP contribution in [0.25, 0.3) is 0 Å². The van der Waals surface area contributed by atoms with Crippen molar-refractivity contribution >= 4 is 21.7 Å². The third-order valence-electron chi connectivity index (χ3n) is 5.48. The predicted molar refractivity (Wildman–Crippen MR) is 125 cm³/mol. The summed E-state index contributed by atoms with van der Waals surface area (Å²) in [7, 11) is -0.762. The number of hydrogen-bond acceptors (Lipinski definition) is 5. The first-order chi connectivity index (χ1) is 15.6. The third-order valence-corrected chi connectivity index (χ3v) is 7.32. The van der Waals surface area contributed by atoms with Crippen molar-refractivity contribution in [1.29, 1.82) is 0 Å². The number of amides is 2. The molecule has 0 fully saturated rings. The lowest BCUT2D eigenvalue weighted by Crippen LogP contribution is -2.49. The zero-order chi connectivity index (χ0) is 24.6. The number of rotatable bonds is 11. The fourth-order valence-electron chi connectivity index (χ4n) is 3.35. The second-order valence-electron chi connectivity index (χ2n) is 7.94. The maximum absolute atomic E-state index is 14.0. The number of para-hydroxylation sites is 1. The molecule has 0 saturated carbocycles. The lowest BCUT2D eigenvalue weighted by atomic mass is 10.0. The first-order valence-corrected chi connectivity index (χ1v) is 12.0. The topological polar surface area (TPSA) is 99.2 Å². The van der Waals surface area contributed by atoms with Crippen LogP contribution in [-0.4, -0.2) is 74.8 Å². The molecule has 2 aromatic carbocycles. The summed E-state index contributed by atoms with van der Waals surface area (Å²) in [6, 6.07) is 12.8. The average Bonchev–Trinajstić information content (AvgIpc) is 2.81. The molecule has 0 aliphatic heterocycles. The van der Waals surface area contributed by atoms with Crippen LogP contribution in [0.5, 0.6) is 0 Å². The standard InChI is InChI=1S/C23H32FN3O5S/c1-17(22(32-4)15-26(3)33(30,31)19-10-6-5-7-11-19)14-27(18(2)16-28)23(29)25-21-13-9-8-12-20(21)24/h5-13,17-18,22,28H,14-16H2,1-4H3,(H,25,29)/t17-,18+,22-/m0/s1. The molecule has 182 valence electrons. The first kappa shape index (κ1) is 26.7. The number of carbonyl (C=O) groups is 1. The van der Waals surface area contributed by atoms with Crippen molar-refractivity contribution in [2.45, 2.75) is 30.9 Å². The van der Waals surface area contributed by atoms with Gasteiger partial charge < -0.3 is 20.1 Å². The minimum Gasteiger partial charge on any atom is -0.394 e. The molecular weight excluding hydrogens is 449 g/mol. The summed E-state index contributed by atoms with van der Waals surface area (Å²) in [6.45, 7) is 3.41. The summed E-state index contributed by atoms with van der Waals surface area (Å²) in [5.74, 6) is -0.873. The van der Waals surface area contributed by atoms with Gasteiger partial charge in [-0.15, -0.1) is 0 Å². The van der Waals surface area contributed by atoms with Crippen LogP contribution in [0.1, 0.15) is 13.8 Å². The normalized spacial score (nSPS) is 14.5. The number of nitrogens with zero attached hydrogens (tertiary/aromatic N) is 2. The molecule has 0 aliphatic carbocycles. The second kappa shape index (κ2) is 12.1. The number of benzene rings is 2. The molecule has 0 radical (unpaired) electrons. The number of carbonyl (C=O) groups excluding carboxylic acids is 1. The Morgan fingerprint density at radius 1 is 1.09 bits per heavy atom. The average molecular weight is 482 g/mol. The van der Waals surface area contributed by atoms with E-state index < -0.39 is 34.0 Å². The van der Waals surface area contributed by atoms with E-state index in [4.69, 9.17) is 4.74 Å². The van der Waals surface area contributed by atoms with Crippen LogP contribution < -0.4 is 5.32 Å². The van der Waals surface area contributed by atoms with E-state index in [-0.39, 0.29) is 36.2 Å². The minimum atomic E-state index is -3.71. The maximum atomic E-state index is 14.0. The zero-order valence-electron chi connectivity index (χ0n) is 19.3. The fraction of sp³-hybridized carbons (Fsp3) is 0.435. The largest absolute Gasteiger partial charge is 0.394 e. The molecule has 2 rings (SSSR count). The van der Waals surface area contributed by atoms with E-state index in [0.717, 1.165) is 0 Å². The molecule has 3 atom stereocenters. The van der Waals surface area contributed by atoms with Gasteiger partial charge in [0.1, 0.15) is 5.82 Å². The summed E-state index contributed by atoms with van der Waals surface area (Å²) in [6.07, 6.45) is -0.539. The number of hydrogen-bond donors (Lipinski definition) is 2. The van der Waals surface area contributed by atoms with Crippen LogP contribution in [-0.2, 0) is 14.8 Å². The molecule has 0 spiro atoms. The summed E-state index contributed by atoms with van der Waals surface area (Å²) >= 11 is 0. The number of nitrogens with one attached hydrogen (secondary N) is 1. The quantitative estimate of drug-likeness (QED) is 0.514. The molecule has 0 unspecified atom stereocenters. The molecular formula is C23H32FN3O5S. The number of anilines is 1. The summed E-state index contributed by atoms with van der Waals surface area (Å²) < 4.78 is 46.5. The van der Waals surface area contributed by atoms with E-state index in [0.29, 0.717) is 0 Å². The summed E-state index contributed by atoms with van der Waals surface area (Å²) in [5, 5.41) is 12.2. The minimum absolute atomic E-state index is 0.0299. The Morgan fingerprint density at radius 3 is 2.27 bits per heavy atom. The van der Waals surface area contributed by atoms with Crippen molar-refractivity contribution in [1.82, 2.24) is 9.21 Å². The van der Waals surface area contributed by atoms with Gasteiger partial charge in [0.15, 0.2) is 0 Å². The van der Waals surface area contributed by atoms with Crippen LogP contribution in [0.4, 0.5) is 14.9 Å². The molecule has 8 nitrogen and oxygen atoms in total. The Kier molecular flexibility index (Phi) is 9.78. The number of urea groups is 1. The van der Waals surface area contributed by atoms with Crippen LogP contribution >= 0.6 is 0 Å². The highest BCUT2D eigenvalue weighted by atomic mass is 32.2. The molecule has 33 heavy (non-hydrogen) atoms. The van der Waals surface area contributed by atoms with Crippen molar-refractivity contribution in [2.24, 2.45) is 5.92 Å². The fourth-order valence-corrected chi connectivity index (χ4v) is 4.55. The summed E-state index contributed by atoms with van der Waals surface area (Å²) in [4.78, 5) is 14.4. The van der Waals surface area contributed by atoms with E-state index in [9.17, 15) is 22.7 Å². The van der Waals surface area contributed by atoms with E-state index in [1.165, 1.54) is 53.7 Å². The molecule has 2 amide bonds. The van der Waals surface area contributed by atoms with Crippen molar-refractivity contribution in [3.05, 3.63) is 60.4 Å². The van der Waals surface area contributed by atoms with Gasteiger partial charge in [-0.05, 0) is 31.2 Å². The van der Waals surface area contributed by atoms with Gasteiger partial charge in [-0.2, -0.15) is 4.31 Å². The van der Waals surface area contributed by atoms with Gasteiger partial charge in [0, 0.05) is 33.2 Å². The highest BCUT2D eigenvalue weighted by Gasteiger charge is 2.30. The Bertz CT molecular complexity index is 1010. The van der Waals surface area contributed by atoms with Crippen LogP contribution in [0, 0.1) is 11.7 Å². The van der Waals surface area contributed by atoms with E-state index in [1.54, 1.807) is 31.2 Å². The maximum Gasteiger partial charge on any atom is 0.322 e. The zero-order valence-corrected chi connectivity index (χ0v) is 20.1. The Labute approximate surface area is 195 Å².